The van der Waals surface area contributed by atoms with Crippen LogP contribution in [0.15, 0.2) is 57.7 Å². The summed E-state index contributed by atoms with van der Waals surface area (Å²) in [5.74, 6) is -1.06. The number of benzene rings is 2. The Morgan fingerprint density at radius 1 is 1.12 bits per heavy atom. The van der Waals surface area contributed by atoms with E-state index >= 15 is 0 Å². The minimum absolute atomic E-state index is 0.0227. The minimum Gasteiger partial charge on any atom is -0.508 e. The third-order valence-electron chi connectivity index (χ3n) is 3.94. The first-order chi connectivity index (χ1) is 11.5. The molecule has 0 aliphatic rings. The number of hydrogen-bond donors (Lipinski definition) is 2. The highest BCUT2D eigenvalue weighted by molar-refractivity contribution is 5.86. The molecule has 1 atom stereocenters. The van der Waals surface area contributed by atoms with Crippen LogP contribution in [0.5, 0.6) is 11.5 Å². The van der Waals surface area contributed by atoms with Crippen molar-refractivity contribution >= 4 is 16.8 Å². The number of rotatable bonds is 4. The zero-order valence-corrected chi connectivity index (χ0v) is 13.0. The predicted molar refractivity (Wildman–Crippen MR) is 89.4 cm³/mol. The van der Waals surface area contributed by atoms with Gasteiger partial charge in [-0.3, -0.25) is 4.79 Å². The largest absolute Gasteiger partial charge is 0.508 e. The van der Waals surface area contributed by atoms with E-state index in [4.69, 9.17) is 4.42 Å². The molecule has 5 heteroatoms. The van der Waals surface area contributed by atoms with Crippen molar-refractivity contribution in [1.29, 1.82) is 0 Å². The second kappa shape index (κ2) is 6.20. The summed E-state index contributed by atoms with van der Waals surface area (Å²) in [6.07, 6.45) is 0.0622. The molecule has 0 bridgehead atoms. The van der Waals surface area contributed by atoms with Gasteiger partial charge in [0.15, 0.2) is 0 Å². The lowest BCUT2D eigenvalue weighted by Crippen LogP contribution is -2.16. The summed E-state index contributed by atoms with van der Waals surface area (Å²) in [6.45, 7) is 1.43. The topological polar surface area (TPSA) is 87.7 Å². The Hall–Kier alpha value is -3.08. The van der Waals surface area contributed by atoms with Crippen molar-refractivity contribution < 1.29 is 19.4 Å². The van der Waals surface area contributed by atoms with Crippen LogP contribution in [-0.4, -0.2) is 16.0 Å². The number of ketones is 1. The lowest BCUT2D eigenvalue weighted by atomic mass is 9.87. The van der Waals surface area contributed by atoms with Gasteiger partial charge in [0.05, 0.1) is 10.9 Å². The van der Waals surface area contributed by atoms with Crippen LogP contribution in [0.2, 0.25) is 0 Å². The van der Waals surface area contributed by atoms with Crippen molar-refractivity contribution in [1.82, 2.24) is 0 Å². The van der Waals surface area contributed by atoms with Gasteiger partial charge in [0, 0.05) is 12.3 Å². The summed E-state index contributed by atoms with van der Waals surface area (Å²) < 4.78 is 5.27. The monoisotopic (exact) mass is 324 g/mol. The van der Waals surface area contributed by atoms with Gasteiger partial charge in [-0.1, -0.05) is 30.3 Å². The highest BCUT2D eigenvalue weighted by atomic mass is 16.4. The quantitative estimate of drug-likeness (QED) is 0.719. The molecule has 1 heterocycles. The first-order valence-electron chi connectivity index (χ1n) is 7.50. The highest BCUT2D eigenvalue weighted by Gasteiger charge is 2.26. The van der Waals surface area contributed by atoms with Crippen molar-refractivity contribution in [2.75, 3.05) is 0 Å². The third-order valence-corrected chi connectivity index (χ3v) is 3.94. The number of phenolic OH excluding ortho intramolecular Hbond substituents is 1. The van der Waals surface area contributed by atoms with Gasteiger partial charge < -0.3 is 14.6 Å². The van der Waals surface area contributed by atoms with Crippen LogP contribution in [0.3, 0.4) is 0 Å². The number of carbonyl (C=O) groups excluding carboxylic acids is 1. The number of Topliss-reactive ketones (excluding diaryl/α,β-unsaturated/α-hetero) is 1. The normalized spacial score (nSPS) is 12.2. The molecule has 0 unspecified atom stereocenters. The molecular formula is C19H16O5. The first kappa shape index (κ1) is 15.8. The van der Waals surface area contributed by atoms with Gasteiger partial charge in [-0.2, -0.15) is 0 Å². The molecule has 2 N–H and O–H groups in total. The Balaban J connectivity index is 2.28. The van der Waals surface area contributed by atoms with Gasteiger partial charge in [0.25, 0.3) is 0 Å². The molecule has 0 fully saturated rings. The number of carbonyl (C=O) groups is 1. The Bertz CT molecular complexity index is 957. The Morgan fingerprint density at radius 2 is 1.83 bits per heavy atom. The zero-order valence-electron chi connectivity index (χ0n) is 13.0. The summed E-state index contributed by atoms with van der Waals surface area (Å²) in [5, 5.41) is 20.5. The van der Waals surface area contributed by atoms with E-state index in [2.05, 4.69) is 0 Å². The molecule has 0 saturated carbocycles. The molecule has 3 rings (SSSR count). The summed E-state index contributed by atoms with van der Waals surface area (Å²) in [6, 6.07) is 13.1. The van der Waals surface area contributed by atoms with Crippen molar-refractivity contribution in [2.24, 2.45) is 0 Å². The van der Waals surface area contributed by atoms with E-state index in [-0.39, 0.29) is 40.2 Å². The number of fused-ring (bicyclic) bond motifs is 1. The maximum absolute atomic E-state index is 12.4. The standard InChI is InChI=1S/C19H16O5/c1-11(20)9-14(12-5-3-2-4-6-12)17-18(22)15-10-13(21)7-8-16(15)24-19(17)23/h2-8,10,14,21-22H,9H2,1H3/t14-/m0/s1. The van der Waals surface area contributed by atoms with E-state index in [1.807, 2.05) is 6.07 Å². The van der Waals surface area contributed by atoms with Crippen molar-refractivity contribution in [3.63, 3.8) is 0 Å². The molecule has 3 aromatic rings. The molecule has 24 heavy (non-hydrogen) atoms. The molecule has 1 aromatic heterocycles. The SMILES string of the molecule is CC(=O)C[C@@H](c1ccccc1)c1c(O)c2cc(O)ccc2oc1=O. The lowest BCUT2D eigenvalue weighted by molar-refractivity contribution is -0.117. The van der Waals surface area contributed by atoms with Gasteiger partial charge >= 0.3 is 5.63 Å². The Labute approximate surface area is 137 Å². The molecule has 0 saturated heterocycles. The first-order valence-corrected chi connectivity index (χ1v) is 7.50. The van der Waals surface area contributed by atoms with Crippen LogP contribution in [-0.2, 0) is 4.79 Å². The minimum atomic E-state index is -0.694. The van der Waals surface area contributed by atoms with E-state index in [0.717, 1.165) is 5.56 Å². The van der Waals surface area contributed by atoms with Gasteiger partial charge in [-0.25, -0.2) is 4.79 Å². The predicted octanol–water partition coefficient (Wildman–Crippen LogP) is 3.32. The molecule has 0 radical (unpaired) electrons. The summed E-state index contributed by atoms with van der Waals surface area (Å²) >= 11 is 0. The van der Waals surface area contributed by atoms with Gasteiger partial charge in [0.2, 0.25) is 0 Å². The average molecular weight is 324 g/mol. The van der Waals surface area contributed by atoms with Gasteiger partial charge in [0.1, 0.15) is 22.9 Å². The number of phenols is 1. The van der Waals surface area contributed by atoms with Crippen molar-refractivity contribution in [3.05, 3.63) is 70.1 Å². The van der Waals surface area contributed by atoms with Crippen LogP contribution < -0.4 is 5.63 Å². The zero-order chi connectivity index (χ0) is 17.3. The smallest absolute Gasteiger partial charge is 0.343 e. The van der Waals surface area contributed by atoms with E-state index in [1.54, 1.807) is 24.3 Å². The molecule has 122 valence electrons. The summed E-state index contributed by atoms with van der Waals surface area (Å²) in [7, 11) is 0. The summed E-state index contributed by atoms with van der Waals surface area (Å²) in [4.78, 5) is 24.1. The van der Waals surface area contributed by atoms with Crippen LogP contribution in [0.1, 0.15) is 30.4 Å². The van der Waals surface area contributed by atoms with E-state index in [0.29, 0.717) is 0 Å². The van der Waals surface area contributed by atoms with Crippen LogP contribution in [0.25, 0.3) is 11.0 Å². The highest BCUT2D eigenvalue weighted by Crippen LogP contribution is 2.37. The van der Waals surface area contributed by atoms with Crippen LogP contribution >= 0.6 is 0 Å². The lowest BCUT2D eigenvalue weighted by Gasteiger charge is -2.17. The molecule has 0 aliphatic heterocycles. The van der Waals surface area contributed by atoms with Crippen molar-refractivity contribution in [3.8, 4) is 11.5 Å². The molecule has 5 nitrogen and oxygen atoms in total. The molecule has 0 spiro atoms. The summed E-state index contributed by atoms with van der Waals surface area (Å²) in [5.41, 5.74) is 0.235. The number of aromatic hydroxyl groups is 2. The fourth-order valence-electron chi connectivity index (χ4n) is 2.86. The van der Waals surface area contributed by atoms with Crippen LogP contribution in [0.4, 0.5) is 0 Å². The second-order valence-corrected chi connectivity index (χ2v) is 5.70. The second-order valence-electron chi connectivity index (χ2n) is 5.70. The Kier molecular flexibility index (Phi) is 4.08. The van der Waals surface area contributed by atoms with Gasteiger partial charge in [-0.05, 0) is 30.7 Å². The van der Waals surface area contributed by atoms with E-state index in [9.17, 15) is 19.8 Å². The maximum atomic E-state index is 12.4. The van der Waals surface area contributed by atoms with E-state index < -0.39 is 11.5 Å². The van der Waals surface area contributed by atoms with Gasteiger partial charge in [-0.15, -0.1) is 0 Å². The molecular weight excluding hydrogens is 308 g/mol. The number of hydrogen-bond acceptors (Lipinski definition) is 5. The molecule has 0 amide bonds. The molecule has 0 aliphatic carbocycles. The fourth-order valence-corrected chi connectivity index (χ4v) is 2.86. The average Bonchev–Trinajstić information content (AvgIpc) is 2.55. The molecule has 2 aromatic carbocycles. The van der Waals surface area contributed by atoms with Crippen LogP contribution in [0, 0.1) is 0 Å². The maximum Gasteiger partial charge on any atom is 0.343 e. The fraction of sp³-hybridized carbons (Fsp3) is 0.158. The third kappa shape index (κ3) is 2.88. The Morgan fingerprint density at radius 3 is 2.50 bits per heavy atom. The van der Waals surface area contributed by atoms with E-state index in [1.165, 1.54) is 25.1 Å². The van der Waals surface area contributed by atoms with Crippen molar-refractivity contribution in [2.45, 2.75) is 19.3 Å².